The third-order valence-electron chi connectivity index (χ3n) is 2.26. The van der Waals surface area contributed by atoms with Gasteiger partial charge in [0.15, 0.2) is 0 Å². The summed E-state index contributed by atoms with van der Waals surface area (Å²) in [5.74, 6) is 0. The summed E-state index contributed by atoms with van der Waals surface area (Å²) < 4.78 is 0. The second-order valence-electron chi connectivity index (χ2n) is 3.22. The third kappa shape index (κ3) is 1.71. The lowest BCUT2D eigenvalue weighted by Gasteiger charge is -2.19. The van der Waals surface area contributed by atoms with Crippen LogP contribution in [0.5, 0.6) is 0 Å². The molecule has 0 amide bonds. The van der Waals surface area contributed by atoms with Gasteiger partial charge >= 0.3 is 0 Å². The number of hydrogen-bond donors (Lipinski definition) is 1. The highest BCUT2D eigenvalue weighted by molar-refractivity contribution is 7.99. The van der Waals surface area contributed by atoms with Gasteiger partial charge in [0, 0.05) is 15.9 Å². The molecule has 1 N–H and O–H groups in total. The van der Waals surface area contributed by atoms with Crippen LogP contribution in [-0.4, -0.2) is 0 Å². The van der Waals surface area contributed by atoms with E-state index in [0.29, 0.717) is 0 Å². The maximum atomic E-state index is 3.42. The number of nitrogens with one attached hydrogen (secondary N) is 1. The van der Waals surface area contributed by atoms with Gasteiger partial charge in [-0.1, -0.05) is 36.0 Å². The van der Waals surface area contributed by atoms with Gasteiger partial charge in [-0.3, -0.25) is 0 Å². The minimum absolute atomic E-state index is 0. The van der Waals surface area contributed by atoms with Gasteiger partial charge in [0.25, 0.3) is 0 Å². The van der Waals surface area contributed by atoms with Crippen LogP contribution in [0.3, 0.4) is 0 Å². The first-order valence-corrected chi connectivity index (χ1v) is 5.38. The Labute approximate surface area is 93.3 Å². The maximum Gasteiger partial charge on any atom is 0.0526 e. The molecule has 2 aromatic rings. The van der Waals surface area contributed by atoms with Crippen molar-refractivity contribution in [3.63, 3.8) is 0 Å². The predicted octanol–water partition coefficient (Wildman–Crippen LogP) is 3.41. The largest absolute Gasteiger partial charge is 0.354 e. The molecular formula is C12H9N2S. The highest BCUT2D eigenvalue weighted by Crippen LogP contribution is 2.43. The Kier molecular flexibility index (Phi) is 2.66. The molecule has 0 fully saturated rings. The van der Waals surface area contributed by atoms with Crippen LogP contribution in [0, 0.1) is 0 Å². The van der Waals surface area contributed by atoms with Gasteiger partial charge in [0.2, 0.25) is 0 Å². The van der Waals surface area contributed by atoms with E-state index in [1.165, 1.54) is 21.2 Å². The van der Waals surface area contributed by atoms with Crippen LogP contribution in [0.2, 0.25) is 0 Å². The SMILES string of the molecule is [N].c1ccc2c(c1)Nc1ccccc1S2. The zero-order valence-electron chi connectivity index (χ0n) is 7.97. The van der Waals surface area contributed by atoms with Crippen LogP contribution in [0.4, 0.5) is 11.4 Å². The molecule has 0 saturated heterocycles. The first-order chi connectivity index (χ1) is 6.93. The molecule has 3 radical (unpaired) electrons. The fourth-order valence-corrected chi connectivity index (χ4v) is 2.57. The third-order valence-corrected chi connectivity index (χ3v) is 3.42. The van der Waals surface area contributed by atoms with Crippen molar-refractivity contribution in [2.45, 2.75) is 9.79 Å². The summed E-state index contributed by atoms with van der Waals surface area (Å²) in [6.07, 6.45) is 0. The molecular weight excluding hydrogens is 204 g/mol. The predicted molar refractivity (Wildman–Crippen MR) is 62.4 cm³/mol. The fourth-order valence-electron chi connectivity index (χ4n) is 1.58. The van der Waals surface area contributed by atoms with Crippen molar-refractivity contribution in [1.29, 1.82) is 0 Å². The number of hydrogen-bond acceptors (Lipinski definition) is 2. The molecule has 0 aromatic heterocycles. The first-order valence-electron chi connectivity index (χ1n) is 4.56. The number of nitrogens with zero attached hydrogens (tertiary/aromatic N) is 1. The van der Waals surface area contributed by atoms with Gasteiger partial charge in [-0.25, -0.2) is 0 Å². The number of para-hydroxylation sites is 2. The minimum atomic E-state index is 0. The van der Waals surface area contributed by atoms with Crippen LogP contribution in [0.25, 0.3) is 0 Å². The van der Waals surface area contributed by atoms with Gasteiger partial charge in [-0.2, -0.15) is 0 Å². The summed E-state index contributed by atoms with van der Waals surface area (Å²) in [5.41, 5.74) is 2.41. The zero-order chi connectivity index (χ0) is 9.38. The molecule has 15 heavy (non-hydrogen) atoms. The van der Waals surface area contributed by atoms with Crippen molar-refractivity contribution >= 4 is 23.1 Å². The molecule has 1 aliphatic heterocycles. The smallest absolute Gasteiger partial charge is 0.0526 e. The molecule has 0 saturated carbocycles. The average molecular weight is 213 g/mol. The summed E-state index contributed by atoms with van der Waals surface area (Å²) in [7, 11) is 0. The van der Waals surface area contributed by atoms with E-state index in [0.717, 1.165) is 0 Å². The molecule has 0 unspecified atom stereocenters. The standard InChI is InChI=1S/C12H9NS.N/c1-3-7-11-9(5-1)13-10-6-2-4-8-12(10)14-11;/h1-8,13H;. The van der Waals surface area contributed by atoms with E-state index in [1.54, 1.807) is 0 Å². The van der Waals surface area contributed by atoms with E-state index in [1.807, 2.05) is 11.8 Å². The molecule has 0 atom stereocenters. The molecule has 73 valence electrons. The van der Waals surface area contributed by atoms with E-state index < -0.39 is 0 Å². The normalized spacial score (nSPS) is 11.7. The minimum Gasteiger partial charge on any atom is -0.354 e. The Morgan fingerprint density at radius 2 is 1.20 bits per heavy atom. The quantitative estimate of drug-likeness (QED) is 0.621. The van der Waals surface area contributed by atoms with Gasteiger partial charge in [-0.05, 0) is 24.3 Å². The summed E-state index contributed by atoms with van der Waals surface area (Å²) >= 11 is 1.82. The highest BCUT2D eigenvalue weighted by atomic mass is 32.2. The molecule has 2 aromatic carbocycles. The Hall–Kier alpha value is -1.45. The molecule has 0 aliphatic carbocycles. The maximum absolute atomic E-state index is 3.42. The van der Waals surface area contributed by atoms with Gasteiger partial charge in [0.05, 0.1) is 11.4 Å². The summed E-state index contributed by atoms with van der Waals surface area (Å²) in [6.45, 7) is 0. The summed E-state index contributed by atoms with van der Waals surface area (Å²) in [4.78, 5) is 2.59. The Morgan fingerprint density at radius 1 is 0.733 bits per heavy atom. The van der Waals surface area contributed by atoms with Crippen molar-refractivity contribution in [1.82, 2.24) is 6.15 Å². The number of anilines is 2. The molecule has 2 nitrogen and oxygen atoms in total. The number of rotatable bonds is 0. The Bertz CT molecular complexity index is 395. The van der Waals surface area contributed by atoms with Crippen molar-refractivity contribution in [2.24, 2.45) is 0 Å². The van der Waals surface area contributed by atoms with E-state index in [4.69, 9.17) is 0 Å². The zero-order valence-corrected chi connectivity index (χ0v) is 8.79. The van der Waals surface area contributed by atoms with E-state index in [2.05, 4.69) is 53.8 Å². The Morgan fingerprint density at radius 3 is 1.73 bits per heavy atom. The topological polar surface area (TPSA) is 42.5 Å². The molecule has 3 rings (SSSR count). The van der Waals surface area contributed by atoms with Crippen molar-refractivity contribution < 1.29 is 0 Å². The molecule has 3 heteroatoms. The van der Waals surface area contributed by atoms with E-state index in [9.17, 15) is 0 Å². The fraction of sp³-hybridized carbons (Fsp3) is 0. The van der Waals surface area contributed by atoms with Crippen LogP contribution in [-0.2, 0) is 0 Å². The lowest BCUT2D eigenvalue weighted by Crippen LogP contribution is -1.98. The summed E-state index contributed by atoms with van der Waals surface area (Å²) in [6, 6.07) is 16.8. The average Bonchev–Trinajstić information content (AvgIpc) is 2.26. The lowest BCUT2D eigenvalue weighted by atomic mass is 10.2. The number of fused-ring (bicyclic) bond motifs is 2. The monoisotopic (exact) mass is 213 g/mol. The van der Waals surface area contributed by atoms with Crippen LogP contribution in [0.15, 0.2) is 58.3 Å². The summed E-state index contributed by atoms with van der Waals surface area (Å²) in [5, 5.41) is 3.42. The molecule has 0 bridgehead atoms. The van der Waals surface area contributed by atoms with Crippen LogP contribution in [0.1, 0.15) is 0 Å². The lowest BCUT2D eigenvalue weighted by molar-refractivity contribution is 1.32. The molecule has 1 aliphatic rings. The van der Waals surface area contributed by atoms with E-state index >= 15 is 0 Å². The van der Waals surface area contributed by atoms with Gasteiger partial charge in [-0.15, -0.1) is 0 Å². The molecule has 1 heterocycles. The van der Waals surface area contributed by atoms with Gasteiger partial charge < -0.3 is 5.32 Å². The van der Waals surface area contributed by atoms with Crippen LogP contribution >= 0.6 is 11.8 Å². The Balaban J connectivity index is 0.000000853. The second kappa shape index (κ2) is 3.96. The first kappa shape index (κ1) is 10.1. The molecule has 0 spiro atoms. The second-order valence-corrected chi connectivity index (χ2v) is 4.30. The van der Waals surface area contributed by atoms with Crippen molar-refractivity contribution in [2.75, 3.05) is 5.32 Å². The van der Waals surface area contributed by atoms with Crippen molar-refractivity contribution in [3.05, 3.63) is 48.5 Å². The van der Waals surface area contributed by atoms with Gasteiger partial charge in [0.1, 0.15) is 0 Å². The van der Waals surface area contributed by atoms with E-state index in [-0.39, 0.29) is 6.15 Å². The highest BCUT2D eigenvalue weighted by Gasteiger charge is 2.13. The van der Waals surface area contributed by atoms with Crippen molar-refractivity contribution in [3.8, 4) is 0 Å². The number of benzene rings is 2. The van der Waals surface area contributed by atoms with Crippen LogP contribution < -0.4 is 11.5 Å².